The first-order valence-corrected chi connectivity index (χ1v) is 5.38. The SMILES string of the molecule is CCNC(CN(C)C)c1c(F)cccc1F. The highest BCUT2D eigenvalue weighted by atomic mass is 19.1. The minimum Gasteiger partial charge on any atom is -0.309 e. The average molecular weight is 228 g/mol. The van der Waals surface area contributed by atoms with Crippen LogP contribution in [0.1, 0.15) is 18.5 Å². The van der Waals surface area contributed by atoms with Crippen LogP contribution < -0.4 is 5.32 Å². The summed E-state index contributed by atoms with van der Waals surface area (Å²) >= 11 is 0. The van der Waals surface area contributed by atoms with Gasteiger partial charge in [-0.25, -0.2) is 8.78 Å². The van der Waals surface area contributed by atoms with Gasteiger partial charge in [0.1, 0.15) is 11.6 Å². The molecule has 1 N–H and O–H groups in total. The van der Waals surface area contributed by atoms with Crippen molar-refractivity contribution in [1.82, 2.24) is 10.2 Å². The molecule has 0 saturated carbocycles. The maximum Gasteiger partial charge on any atom is 0.130 e. The van der Waals surface area contributed by atoms with E-state index in [2.05, 4.69) is 5.32 Å². The Bertz CT molecular complexity index is 320. The Balaban J connectivity index is 3.00. The van der Waals surface area contributed by atoms with E-state index in [0.717, 1.165) is 0 Å². The van der Waals surface area contributed by atoms with Crippen molar-refractivity contribution in [2.75, 3.05) is 27.2 Å². The fourth-order valence-electron chi connectivity index (χ4n) is 1.71. The van der Waals surface area contributed by atoms with E-state index in [-0.39, 0.29) is 11.6 Å². The molecule has 1 atom stereocenters. The third-order valence-electron chi connectivity index (χ3n) is 2.35. The summed E-state index contributed by atoms with van der Waals surface area (Å²) in [6.45, 7) is 3.15. The Morgan fingerprint density at radius 3 is 2.25 bits per heavy atom. The molecule has 0 fully saturated rings. The van der Waals surface area contributed by atoms with Crippen LogP contribution in [0.5, 0.6) is 0 Å². The van der Waals surface area contributed by atoms with Crippen LogP contribution >= 0.6 is 0 Å². The van der Waals surface area contributed by atoms with Gasteiger partial charge in [0.2, 0.25) is 0 Å². The number of nitrogens with one attached hydrogen (secondary N) is 1. The van der Waals surface area contributed by atoms with E-state index in [0.29, 0.717) is 13.1 Å². The summed E-state index contributed by atoms with van der Waals surface area (Å²) in [5.74, 6) is -0.986. The molecular weight excluding hydrogens is 210 g/mol. The topological polar surface area (TPSA) is 15.3 Å². The van der Waals surface area contributed by atoms with Crippen LogP contribution in [0.4, 0.5) is 8.78 Å². The van der Waals surface area contributed by atoms with E-state index < -0.39 is 11.6 Å². The van der Waals surface area contributed by atoms with Crippen LogP contribution in [0, 0.1) is 11.6 Å². The summed E-state index contributed by atoms with van der Waals surface area (Å²) in [6.07, 6.45) is 0. The number of hydrogen-bond acceptors (Lipinski definition) is 2. The van der Waals surface area contributed by atoms with E-state index >= 15 is 0 Å². The standard InChI is InChI=1S/C12H18F2N2/c1-4-15-11(8-16(2)3)12-9(13)6-5-7-10(12)14/h5-7,11,15H,4,8H2,1-3H3. The monoisotopic (exact) mass is 228 g/mol. The molecule has 0 aliphatic heterocycles. The lowest BCUT2D eigenvalue weighted by Gasteiger charge is -2.23. The van der Waals surface area contributed by atoms with Crippen molar-refractivity contribution in [1.29, 1.82) is 0 Å². The molecular formula is C12H18F2N2. The van der Waals surface area contributed by atoms with E-state index in [1.807, 2.05) is 25.9 Å². The smallest absolute Gasteiger partial charge is 0.130 e. The second-order valence-electron chi connectivity index (χ2n) is 4.01. The second kappa shape index (κ2) is 5.92. The molecule has 4 heteroatoms. The Morgan fingerprint density at radius 1 is 1.25 bits per heavy atom. The summed E-state index contributed by atoms with van der Waals surface area (Å²) in [4.78, 5) is 1.90. The largest absolute Gasteiger partial charge is 0.309 e. The highest BCUT2D eigenvalue weighted by Crippen LogP contribution is 2.21. The highest BCUT2D eigenvalue weighted by Gasteiger charge is 2.19. The lowest BCUT2D eigenvalue weighted by Crippen LogP contribution is -2.32. The van der Waals surface area contributed by atoms with Gasteiger partial charge in [-0.05, 0) is 32.8 Å². The Kier molecular flexibility index (Phi) is 4.83. The van der Waals surface area contributed by atoms with Gasteiger partial charge in [0.15, 0.2) is 0 Å². The lowest BCUT2D eigenvalue weighted by atomic mass is 10.0. The van der Waals surface area contributed by atoms with Gasteiger partial charge in [0.05, 0.1) is 6.04 Å². The molecule has 1 aromatic rings. The molecule has 1 aromatic carbocycles. The first-order chi connectivity index (χ1) is 7.56. The van der Waals surface area contributed by atoms with Crippen LogP contribution in [-0.4, -0.2) is 32.1 Å². The van der Waals surface area contributed by atoms with Crippen LogP contribution in [0.15, 0.2) is 18.2 Å². The number of benzene rings is 1. The minimum atomic E-state index is -0.493. The summed E-state index contributed by atoms with van der Waals surface area (Å²) < 4.78 is 27.2. The molecule has 0 radical (unpaired) electrons. The Labute approximate surface area is 95.3 Å². The summed E-state index contributed by atoms with van der Waals surface area (Å²) in [5, 5.41) is 3.09. The Morgan fingerprint density at radius 2 is 1.81 bits per heavy atom. The molecule has 0 heterocycles. The molecule has 2 nitrogen and oxygen atoms in total. The van der Waals surface area contributed by atoms with Crippen LogP contribution in [0.25, 0.3) is 0 Å². The summed E-state index contributed by atoms with van der Waals surface area (Å²) in [7, 11) is 3.76. The minimum absolute atomic E-state index is 0.123. The van der Waals surface area contributed by atoms with Crippen LogP contribution in [-0.2, 0) is 0 Å². The van der Waals surface area contributed by atoms with Gasteiger partial charge in [0, 0.05) is 12.1 Å². The van der Waals surface area contributed by atoms with Crippen molar-refractivity contribution in [2.24, 2.45) is 0 Å². The van der Waals surface area contributed by atoms with E-state index in [4.69, 9.17) is 0 Å². The normalized spacial score (nSPS) is 13.1. The van der Waals surface area contributed by atoms with Gasteiger partial charge in [-0.3, -0.25) is 0 Å². The predicted octanol–water partition coefficient (Wildman–Crippen LogP) is 2.18. The Hall–Kier alpha value is -1.00. The van der Waals surface area contributed by atoms with Crippen molar-refractivity contribution in [2.45, 2.75) is 13.0 Å². The predicted molar refractivity (Wildman–Crippen MR) is 61.3 cm³/mol. The first kappa shape index (κ1) is 13.1. The fraction of sp³-hybridized carbons (Fsp3) is 0.500. The van der Waals surface area contributed by atoms with Crippen molar-refractivity contribution >= 4 is 0 Å². The zero-order valence-electron chi connectivity index (χ0n) is 9.93. The molecule has 1 unspecified atom stereocenters. The van der Waals surface area contributed by atoms with Crippen molar-refractivity contribution in [3.63, 3.8) is 0 Å². The third-order valence-corrected chi connectivity index (χ3v) is 2.35. The number of hydrogen-bond donors (Lipinski definition) is 1. The lowest BCUT2D eigenvalue weighted by molar-refractivity contribution is 0.333. The molecule has 0 aromatic heterocycles. The van der Waals surface area contributed by atoms with Crippen LogP contribution in [0.2, 0.25) is 0 Å². The van der Waals surface area contributed by atoms with Gasteiger partial charge in [-0.15, -0.1) is 0 Å². The van der Waals surface area contributed by atoms with Crippen molar-refractivity contribution < 1.29 is 8.78 Å². The number of likely N-dealkylation sites (N-methyl/N-ethyl adjacent to an activating group) is 2. The third kappa shape index (κ3) is 3.25. The highest BCUT2D eigenvalue weighted by molar-refractivity contribution is 5.23. The van der Waals surface area contributed by atoms with Crippen molar-refractivity contribution in [3.05, 3.63) is 35.4 Å². The summed E-state index contributed by atoms with van der Waals surface area (Å²) in [6, 6.07) is 3.64. The van der Waals surface area contributed by atoms with Crippen molar-refractivity contribution in [3.8, 4) is 0 Å². The number of halogens is 2. The van der Waals surface area contributed by atoms with E-state index in [9.17, 15) is 8.78 Å². The first-order valence-electron chi connectivity index (χ1n) is 5.38. The van der Waals surface area contributed by atoms with E-state index in [1.165, 1.54) is 18.2 Å². The molecule has 0 aliphatic carbocycles. The number of nitrogens with zero attached hydrogens (tertiary/aromatic N) is 1. The van der Waals surface area contributed by atoms with Gasteiger partial charge in [0.25, 0.3) is 0 Å². The van der Waals surface area contributed by atoms with Gasteiger partial charge in [-0.2, -0.15) is 0 Å². The zero-order chi connectivity index (χ0) is 12.1. The van der Waals surface area contributed by atoms with Gasteiger partial charge >= 0.3 is 0 Å². The van der Waals surface area contributed by atoms with Crippen LogP contribution in [0.3, 0.4) is 0 Å². The molecule has 0 aliphatic rings. The summed E-state index contributed by atoms with van der Waals surface area (Å²) in [5.41, 5.74) is 0.123. The van der Waals surface area contributed by atoms with E-state index in [1.54, 1.807) is 0 Å². The molecule has 0 amide bonds. The quantitative estimate of drug-likeness (QED) is 0.831. The molecule has 0 saturated heterocycles. The maximum absolute atomic E-state index is 13.6. The molecule has 1 rings (SSSR count). The fourth-order valence-corrected chi connectivity index (χ4v) is 1.71. The molecule has 0 spiro atoms. The average Bonchev–Trinajstić information content (AvgIpc) is 2.16. The number of rotatable bonds is 5. The maximum atomic E-state index is 13.6. The zero-order valence-corrected chi connectivity index (χ0v) is 9.93. The molecule has 16 heavy (non-hydrogen) atoms. The molecule has 0 bridgehead atoms. The van der Waals surface area contributed by atoms with Gasteiger partial charge < -0.3 is 10.2 Å². The van der Waals surface area contributed by atoms with Gasteiger partial charge in [-0.1, -0.05) is 13.0 Å². The second-order valence-corrected chi connectivity index (χ2v) is 4.01. The molecule has 90 valence electrons.